The van der Waals surface area contributed by atoms with Gasteiger partial charge in [-0.25, -0.2) is 19.1 Å². The van der Waals surface area contributed by atoms with Gasteiger partial charge in [-0.1, -0.05) is 16.5 Å². The summed E-state index contributed by atoms with van der Waals surface area (Å²) in [5.41, 5.74) is 5.80. The van der Waals surface area contributed by atoms with E-state index >= 15 is 0 Å². The molecule has 1 fully saturated rings. The maximum Gasteiger partial charge on any atom is 0.352 e. The summed E-state index contributed by atoms with van der Waals surface area (Å²) in [6.07, 6.45) is 4.41. The molecule has 0 aromatic carbocycles. The van der Waals surface area contributed by atoms with Crippen molar-refractivity contribution in [2.75, 3.05) is 11.5 Å². The molecule has 2 aliphatic rings. The summed E-state index contributed by atoms with van der Waals surface area (Å²) in [5.74, 6) is -3.63. The number of imidazole rings is 1. The van der Waals surface area contributed by atoms with Gasteiger partial charge >= 0.3 is 11.9 Å². The summed E-state index contributed by atoms with van der Waals surface area (Å²) in [6, 6.07) is -1.04. The lowest BCUT2D eigenvalue weighted by Crippen LogP contribution is -2.71. The lowest BCUT2D eigenvalue weighted by Gasteiger charge is -2.49. The Bertz CT molecular complexity index is 1540. The highest BCUT2D eigenvalue weighted by molar-refractivity contribution is 8.00. The third-order valence-electron chi connectivity index (χ3n) is 5.93. The zero-order valence-electron chi connectivity index (χ0n) is 20.4. The first-order valence-electron chi connectivity index (χ1n) is 11.4. The molecule has 17 heteroatoms. The quantitative estimate of drug-likeness (QED) is 0.116. The van der Waals surface area contributed by atoms with Gasteiger partial charge in [-0.05, 0) is 13.8 Å². The second kappa shape index (κ2) is 10.3. The molecule has 5 N–H and O–H groups in total. The minimum absolute atomic E-state index is 0.0422. The van der Waals surface area contributed by atoms with Gasteiger partial charge in [-0.3, -0.25) is 14.5 Å². The van der Waals surface area contributed by atoms with Crippen molar-refractivity contribution in [3.8, 4) is 0 Å². The Morgan fingerprint density at radius 2 is 2.15 bits per heavy atom. The minimum atomic E-state index is -1.35. The van der Waals surface area contributed by atoms with Crippen LogP contribution in [0.4, 0.5) is 5.13 Å². The monoisotopic (exact) mass is 592 g/mol. The molecule has 3 aromatic rings. The van der Waals surface area contributed by atoms with Crippen LogP contribution < -0.4 is 15.6 Å². The van der Waals surface area contributed by atoms with Gasteiger partial charge in [0.1, 0.15) is 41.7 Å². The average Bonchev–Trinajstić information content (AvgIpc) is 3.56. The molecule has 2 amide bonds. The van der Waals surface area contributed by atoms with Crippen LogP contribution in [-0.2, 0) is 30.6 Å². The number of oxime groups is 1. The predicted octanol–water partition coefficient (Wildman–Crippen LogP) is 0.268. The molecule has 0 spiro atoms. The van der Waals surface area contributed by atoms with Gasteiger partial charge < -0.3 is 26.1 Å². The van der Waals surface area contributed by atoms with Crippen molar-refractivity contribution in [3.63, 3.8) is 0 Å². The van der Waals surface area contributed by atoms with Gasteiger partial charge in [0, 0.05) is 21.6 Å². The number of nitrogens with zero attached hydrogens (tertiary/aromatic N) is 5. The number of thioether (sulfide) groups is 1. The summed E-state index contributed by atoms with van der Waals surface area (Å²) in [4.78, 5) is 61.8. The fourth-order valence-corrected chi connectivity index (χ4v) is 6.89. The van der Waals surface area contributed by atoms with Crippen molar-refractivity contribution >= 4 is 73.9 Å². The Kier molecular flexibility index (Phi) is 7.04. The van der Waals surface area contributed by atoms with Crippen LogP contribution in [0.15, 0.2) is 40.5 Å². The Balaban J connectivity index is 1.35. The molecule has 3 aromatic heterocycles. The summed E-state index contributed by atoms with van der Waals surface area (Å²) < 4.78 is 3.82. The molecule has 39 heavy (non-hydrogen) atoms. The molecular weight excluding hydrogens is 570 g/mol. The molecule has 0 aliphatic carbocycles. The number of carboxylic acid groups (broad SMARTS) is 2. The average molecular weight is 593 g/mol. The smallest absolute Gasteiger partial charge is 0.352 e. The van der Waals surface area contributed by atoms with Crippen molar-refractivity contribution in [2.45, 2.75) is 37.9 Å². The Hall–Kier alpha value is -3.96. The lowest BCUT2D eigenvalue weighted by atomic mass is 10.0. The molecule has 0 saturated carbocycles. The van der Waals surface area contributed by atoms with Crippen LogP contribution in [0, 0.1) is 6.92 Å². The molecule has 14 nitrogen and oxygen atoms in total. The number of carboxylic acids is 2. The third kappa shape index (κ3) is 5.07. The first kappa shape index (κ1) is 26.6. The molecule has 5 heterocycles. The third-order valence-corrected chi connectivity index (χ3v) is 8.90. The highest BCUT2D eigenvalue weighted by atomic mass is 32.2. The number of fused-ring (bicyclic) bond motifs is 2. The molecule has 2 aliphatic heterocycles. The van der Waals surface area contributed by atoms with Gasteiger partial charge in [-0.15, -0.1) is 23.1 Å². The first-order valence-corrected chi connectivity index (χ1v) is 14.1. The van der Waals surface area contributed by atoms with Crippen molar-refractivity contribution in [1.82, 2.24) is 19.6 Å². The lowest BCUT2D eigenvalue weighted by molar-refractivity contribution is -0.687. The summed E-state index contributed by atoms with van der Waals surface area (Å²) in [5, 5.41) is 26.2. The maximum atomic E-state index is 13.1. The number of rotatable bonds is 9. The van der Waals surface area contributed by atoms with E-state index in [0.717, 1.165) is 21.0 Å². The number of β-lactam (4-membered cyclic amide) rings is 1. The topological polar surface area (TPSA) is 193 Å². The molecule has 3 atom stereocenters. The number of thiazole rings is 2. The van der Waals surface area contributed by atoms with Crippen molar-refractivity contribution < 1.29 is 38.8 Å². The highest BCUT2D eigenvalue weighted by Gasteiger charge is 2.54. The van der Waals surface area contributed by atoms with E-state index in [0.29, 0.717) is 11.3 Å². The van der Waals surface area contributed by atoms with Crippen LogP contribution in [0.1, 0.15) is 17.5 Å². The normalized spacial score (nSPS) is 20.0. The first-order chi connectivity index (χ1) is 18.5. The zero-order valence-corrected chi connectivity index (χ0v) is 22.9. The molecule has 0 bridgehead atoms. The number of aryl methyl sites for hydroxylation is 1. The summed E-state index contributed by atoms with van der Waals surface area (Å²) >= 11 is 3.98. The fraction of sp³-hybridized carbons (Fsp3) is 0.318. The number of carbonyl (C=O) groups excluding carboxylic acids is 2. The zero-order chi connectivity index (χ0) is 28.0. The van der Waals surface area contributed by atoms with Crippen LogP contribution in [0.25, 0.3) is 4.83 Å². The molecule has 0 unspecified atom stereocenters. The number of hydrogen-bond acceptors (Lipinski definition) is 11. The Morgan fingerprint density at radius 3 is 2.79 bits per heavy atom. The number of aromatic nitrogens is 3. The van der Waals surface area contributed by atoms with Crippen molar-refractivity contribution in [1.29, 1.82) is 0 Å². The number of carbonyl (C=O) groups is 4. The fourth-order valence-electron chi connectivity index (χ4n) is 4.12. The van der Waals surface area contributed by atoms with E-state index in [4.69, 9.17) is 15.7 Å². The molecular formula is C22H22N7O7S3+. The number of aliphatic carboxylic acids is 2. The summed E-state index contributed by atoms with van der Waals surface area (Å²) in [7, 11) is 0. The van der Waals surface area contributed by atoms with Crippen molar-refractivity contribution in [3.05, 3.63) is 45.9 Å². The van der Waals surface area contributed by atoms with E-state index in [2.05, 4.69) is 15.5 Å². The SMILES string of the molecule is Cc1cn2c[n+](CC3=C(C(=O)O)N4C(=O)[C@@H](NC(=O)/C(=N\O[C@@H](C)C(=O)O)c5csc(N)n5)[C@H]4SC3)cc2s1. The van der Waals surface area contributed by atoms with E-state index in [1.165, 1.54) is 29.0 Å². The molecule has 204 valence electrons. The Morgan fingerprint density at radius 1 is 1.38 bits per heavy atom. The van der Waals surface area contributed by atoms with Gasteiger partial charge in [0.15, 0.2) is 10.8 Å². The standard InChI is InChI=1S/C22H21N7O7S3/c1-9-3-28-8-27(5-13(28)39-9)4-11-6-37-19-15(18(31)29(19)16(11)21(34)35)25-17(30)14(12-7-38-22(23)24-12)26-36-10(2)20(32)33/h3,5,7-8,10,15,19H,4,6H2,1-2H3,(H4-,23,24,25,30,32,33,34,35)/p+1/b26-14-/t10-,15+,19+/m0/s1. The Labute approximate surface area is 232 Å². The minimum Gasteiger partial charge on any atom is -0.478 e. The number of nitrogens with one attached hydrogen (secondary N) is 1. The maximum absolute atomic E-state index is 13.1. The van der Waals surface area contributed by atoms with E-state index in [-0.39, 0.29) is 28.8 Å². The van der Waals surface area contributed by atoms with E-state index in [9.17, 15) is 24.3 Å². The summed E-state index contributed by atoms with van der Waals surface area (Å²) in [6.45, 7) is 3.52. The largest absolute Gasteiger partial charge is 0.478 e. The highest BCUT2D eigenvalue weighted by Crippen LogP contribution is 2.40. The second-order valence-electron chi connectivity index (χ2n) is 8.72. The second-order valence-corrected chi connectivity index (χ2v) is 12.0. The molecule has 0 radical (unpaired) electrons. The molecule has 5 rings (SSSR count). The molecule has 1 saturated heterocycles. The van der Waals surface area contributed by atoms with E-state index in [1.807, 2.05) is 34.6 Å². The number of amides is 2. The van der Waals surface area contributed by atoms with Crippen LogP contribution in [0.3, 0.4) is 0 Å². The van der Waals surface area contributed by atoms with Crippen LogP contribution in [0.2, 0.25) is 0 Å². The van der Waals surface area contributed by atoms with Crippen LogP contribution in [-0.4, -0.2) is 77.2 Å². The van der Waals surface area contributed by atoms with Crippen LogP contribution in [0.5, 0.6) is 0 Å². The van der Waals surface area contributed by atoms with Gasteiger partial charge in [0.05, 0.1) is 0 Å². The predicted molar refractivity (Wildman–Crippen MR) is 141 cm³/mol. The van der Waals surface area contributed by atoms with E-state index < -0.39 is 41.3 Å². The number of anilines is 1. The van der Waals surface area contributed by atoms with Gasteiger partial charge in [0.2, 0.25) is 17.3 Å². The van der Waals surface area contributed by atoms with E-state index in [1.54, 1.807) is 11.3 Å². The van der Waals surface area contributed by atoms with Crippen LogP contribution >= 0.6 is 34.4 Å². The van der Waals surface area contributed by atoms with Crippen molar-refractivity contribution in [2.24, 2.45) is 5.16 Å². The van der Waals surface area contributed by atoms with Gasteiger partial charge in [-0.2, -0.15) is 4.40 Å². The number of nitrogen functional groups attached to an aromatic ring is 1. The van der Waals surface area contributed by atoms with Gasteiger partial charge in [0.25, 0.3) is 11.8 Å². The number of nitrogens with two attached hydrogens (primary N) is 1. The number of hydrogen-bond donors (Lipinski definition) is 4.